The zero-order valence-electron chi connectivity index (χ0n) is 12.4. The maximum atomic E-state index is 14.1. The van der Waals surface area contributed by atoms with Crippen LogP contribution in [0.5, 0.6) is 11.5 Å². The van der Waals surface area contributed by atoms with Crippen LogP contribution in [0.4, 0.5) is 10.1 Å². The molecule has 0 atom stereocenters. The number of anilines is 1. The van der Waals surface area contributed by atoms with E-state index in [0.29, 0.717) is 35.7 Å². The molecule has 0 unspecified atom stereocenters. The molecule has 4 nitrogen and oxygen atoms in total. The lowest BCUT2D eigenvalue weighted by molar-refractivity contribution is 0.0982. The van der Waals surface area contributed by atoms with E-state index >= 15 is 0 Å². The number of ether oxygens (including phenoxy) is 2. The number of nitrogens with zero attached hydrogens (tertiary/aromatic N) is 1. The Morgan fingerprint density at radius 1 is 1.09 bits per heavy atom. The first kappa shape index (κ1) is 14.4. The highest BCUT2D eigenvalue weighted by atomic mass is 19.1. The van der Waals surface area contributed by atoms with Crippen molar-refractivity contribution in [2.75, 3.05) is 25.7 Å². The molecule has 0 radical (unpaired) electrons. The molecule has 0 fully saturated rings. The van der Waals surface area contributed by atoms with E-state index in [1.807, 2.05) is 6.07 Å². The van der Waals surface area contributed by atoms with Gasteiger partial charge in [0.15, 0.2) is 0 Å². The summed E-state index contributed by atoms with van der Waals surface area (Å²) in [6.45, 7) is 0.441. The molecule has 0 aromatic heterocycles. The summed E-state index contributed by atoms with van der Waals surface area (Å²) in [5.41, 5.74) is 1.49. The third kappa shape index (κ3) is 2.19. The molecular formula is C17H16FNO3. The van der Waals surface area contributed by atoms with Crippen LogP contribution in [0.15, 0.2) is 36.4 Å². The van der Waals surface area contributed by atoms with Gasteiger partial charge in [0.2, 0.25) is 0 Å². The quantitative estimate of drug-likeness (QED) is 0.874. The summed E-state index contributed by atoms with van der Waals surface area (Å²) in [5, 5.41) is 0. The number of methoxy groups -OCH3 is 2. The van der Waals surface area contributed by atoms with Crippen molar-refractivity contribution >= 4 is 11.6 Å². The highest BCUT2D eigenvalue weighted by Gasteiger charge is 2.31. The van der Waals surface area contributed by atoms with Crippen molar-refractivity contribution in [1.29, 1.82) is 0 Å². The van der Waals surface area contributed by atoms with Crippen molar-refractivity contribution < 1.29 is 18.7 Å². The van der Waals surface area contributed by atoms with Crippen LogP contribution in [-0.4, -0.2) is 26.7 Å². The van der Waals surface area contributed by atoms with Crippen molar-refractivity contribution in [2.45, 2.75) is 6.42 Å². The Hall–Kier alpha value is -2.56. The maximum Gasteiger partial charge on any atom is 0.265 e. The molecule has 22 heavy (non-hydrogen) atoms. The first-order valence-electron chi connectivity index (χ1n) is 6.97. The minimum Gasteiger partial charge on any atom is -0.496 e. The normalized spacial score (nSPS) is 13.0. The minimum atomic E-state index is -0.391. The Labute approximate surface area is 128 Å². The topological polar surface area (TPSA) is 38.8 Å². The van der Waals surface area contributed by atoms with E-state index in [9.17, 15) is 9.18 Å². The molecular weight excluding hydrogens is 285 g/mol. The summed E-state index contributed by atoms with van der Waals surface area (Å²) >= 11 is 0. The second kappa shape index (κ2) is 5.67. The van der Waals surface area contributed by atoms with E-state index in [0.717, 1.165) is 5.56 Å². The average Bonchev–Trinajstić information content (AvgIpc) is 2.98. The molecule has 3 rings (SSSR count). The van der Waals surface area contributed by atoms with Gasteiger partial charge in [-0.1, -0.05) is 18.2 Å². The molecule has 0 aliphatic carbocycles. The Kier molecular flexibility index (Phi) is 3.71. The third-order valence-electron chi connectivity index (χ3n) is 3.83. The molecule has 0 N–H and O–H groups in total. The van der Waals surface area contributed by atoms with Crippen molar-refractivity contribution in [3.05, 3.63) is 53.3 Å². The Balaban J connectivity index is 2.08. The number of fused-ring (bicyclic) bond motifs is 1. The molecule has 1 amide bonds. The highest BCUT2D eigenvalue weighted by Crippen LogP contribution is 2.36. The van der Waals surface area contributed by atoms with E-state index in [2.05, 4.69) is 0 Å². The number of amides is 1. The number of carbonyl (C=O) groups is 1. The molecule has 1 aliphatic heterocycles. The van der Waals surface area contributed by atoms with Gasteiger partial charge in [-0.05, 0) is 30.2 Å². The number of benzene rings is 2. The predicted octanol–water partition coefficient (Wildman–Crippen LogP) is 3.05. The van der Waals surface area contributed by atoms with Gasteiger partial charge >= 0.3 is 0 Å². The second-order valence-electron chi connectivity index (χ2n) is 4.99. The summed E-state index contributed by atoms with van der Waals surface area (Å²) in [6.07, 6.45) is 0.635. The Bertz CT molecular complexity index is 708. The fourth-order valence-electron chi connectivity index (χ4n) is 2.81. The SMILES string of the molecule is COc1cccc(OC)c1C(=O)N1CCc2cccc(F)c21. The van der Waals surface area contributed by atoms with Gasteiger partial charge in [0, 0.05) is 6.54 Å². The van der Waals surface area contributed by atoms with Gasteiger partial charge < -0.3 is 14.4 Å². The first-order valence-corrected chi connectivity index (χ1v) is 6.97. The first-order chi connectivity index (χ1) is 10.7. The fourth-order valence-corrected chi connectivity index (χ4v) is 2.81. The van der Waals surface area contributed by atoms with Crippen molar-refractivity contribution in [2.24, 2.45) is 0 Å². The van der Waals surface area contributed by atoms with Gasteiger partial charge in [-0.25, -0.2) is 4.39 Å². The Morgan fingerprint density at radius 2 is 1.73 bits per heavy atom. The molecule has 114 valence electrons. The largest absolute Gasteiger partial charge is 0.496 e. The summed E-state index contributed by atoms with van der Waals surface area (Å²) in [6, 6.07) is 9.98. The van der Waals surface area contributed by atoms with Crippen molar-refractivity contribution in [3.63, 3.8) is 0 Å². The zero-order valence-corrected chi connectivity index (χ0v) is 12.4. The van der Waals surface area contributed by atoms with E-state index in [4.69, 9.17) is 9.47 Å². The highest BCUT2D eigenvalue weighted by molar-refractivity contribution is 6.10. The molecule has 2 aromatic rings. The number of hydrogen-bond acceptors (Lipinski definition) is 3. The van der Waals surface area contributed by atoms with Crippen LogP contribution in [0.3, 0.4) is 0 Å². The van der Waals surface area contributed by atoms with E-state index in [1.165, 1.54) is 25.2 Å². The summed E-state index contributed by atoms with van der Waals surface area (Å²) < 4.78 is 24.7. The van der Waals surface area contributed by atoms with Gasteiger partial charge in [0.1, 0.15) is 22.9 Å². The average molecular weight is 301 g/mol. The van der Waals surface area contributed by atoms with E-state index < -0.39 is 5.82 Å². The maximum absolute atomic E-state index is 14.1. The van der Waals surface area contributed by atoms with Gasteiger partial charge in [-0.3, -0.25) is 4.79 Å². The molecule has 1 heterocycles. The Morgan fingerprint density at radius 3 is 2.36 bits per heavy atom. The standard InChI is InChI=1S/C17H16FNO3/c1-21-13-7-4-8-14(22-2)15(13)17(20)19-10-9-11-5-3-6-12(18)16(11)19/h3-8H,9-10H2,1-2H3. The molecule has 2 aromatic carbocycles. The summed E-state index contributed by atoms with van der Waals surface area (Å²) in [7, 11) is 2.98. The lowest BCUT2D eigenvalue weighted by Gasteiger charge is -2.20. The smallest absolute Gasteiger partial charge is 0.265 e. The van der Waals surface area contributed by atoms with Crippen molar-refractivity contribution in [3.8, 4) is 11.5 Å². The van der Waals surface area contributed by atoms with Crippen LogP contribution < -0.4 is 14.4 Å². The van der Waals surface area contributed by atoms with Crippen LogP contribution in [-0.2, 0) is 6.42 Å². The number of carbonyl (C=O) groups excluding carboxylic acids is 1. The van der Waals surface area contributed by atoms with Gasteiger partial charge in [0.05, 0.1) is 19.9 Å². The number of hydrogen-bond donors (Lipinski definition) is 0. The molecule has 0 spiro atoms. The molecule has 0 saturated carbocycles. The van der Waals surface area contributed by atoms with Crippen LogP contribution >= 0.6 is 0 Å². The van der Waals surface area contributed by atoms with Crippen LogP contribution in [0, 0.1) is 5.82 Å². The zero-order chi connectivity index (χ0) is 15.7. The van der Waals surface area contributed by atoms with Gasteiger partial charge in [-0.2, -0.15) is 0 Å². The lowest BCUT2D eigenvalue weighted by atomic mass is 10.1. The monoisotopic (exact) mass is 301 g/mol. The molecule has 0 bridgehead atoms. The van der Waals surface area contributed by atoms with E-state index in [-0.39, 0.29) is 5.91 Å². The van der Waals surface area contributed by atoms with Crippen LogP contribution in [0.1, 0.15) is 15.9 Å². The lowest BCUT2D eigenvalue weighted by Crippen LogP contribution is -2.30. The van der Waals surface area contributed by atoms with Gasteiger partial charge in [0.25, 0.3) is 5.91 Å². The number of rotatable bonds is 3. The van der Waals surface area contributed by atoms with Crippen molar-refractivity contribution in [1.82, 2.24) is 0 Å². The molecule has 0 saturated heterocycles. The predicted molar refractivity (Wildman–Crippen MR) is 81.3 cm³/mol. The number of para-hydroxylation sites is 1. The third-order valence-corrected chi connectivity index (χ3v) is 3.83. The van der Waals surface area contributed by atoms with Gasteiger partial charge in [-0.15, -0.1) is 0 Å². The summed E-state index contributed by atoms with van der Waals surface area (Å²) in [5.74, 6) is 0.110. The molecule has 5 heteroatoms. The van der Waals surface area contributed by atoms with Crippen LogP contribution in [0.2, 0.25) is 0 Å². The summed E-state index contributed by atoms with van der Waals surface area (Å²) in [4.78, 5) is 14.4. The number of halogens is 1. The second-order valence-corrected chi connectivity index (χ2v) is 4.99. The minimum absolute atomic E-state index is 0.309. The van der Waals surface area contributed by atoms with E-state index in [1.54, 1.807) is 24.3 Å². The molecule has 1 aliphatic rings. The fraction of sp³-hybridized carbons (Fsp3) is 0.235. The van der Waals surface area contributed by atoms with Crippen LogP contribution in [0.25, 0.3) is 0 Å².